The second kappa shape index (κ2) is 7.33. The molecule has 0 amide bonds. The lowest BCUT2D eigenvalue weighted by Crippen LogP contribution is -2.46. The lowest BCUT2D eigenvalue weighted by Gasteiger charge is -2.24. The fourth-order valence-electron chi connectivity index (χ4n) is 3.36. The van der Waals surface area contributed by atoms with Crippen molar-refractivity contribution < 1.29 is 44.1 Å². The predicted molar refractivity (Wildman–Crippen MR) is 89.4 cm³/mol. The summed E-state index contributed by atoms with van der Waals surface area (Å²) >= 11 is 0. The predicted octanol–water partition coefficient (Wildman–Crippen LogP) is -3.22. The standard InChI is InChI=1S/C15H20FN5O8/c16-15(26)10(25)5(1-22)29-14(15)27-2-6-8(23)9(24)13(28-6)21-4-20-7-11(17)18-3-19-12(7)21/h3-6,8-10,13-14,22-26H,1-2H2,(H2,17,18,19)/t5-,6-,8-,9-,10-,13-,14?,15+/m1/s1. The van der Waals surface area contributed by atoms with Gasteiger partial charge in [0, 0.05) is 0 Å². The van der Waals surface area contributed by atoms with Crippen molar-refractivity contribution >= 4 is 17.0 Å². The molecule has 7 N–H and O–H groups in total. The molecule has 4 heterocycles. The van der Waals surface area contributed by atoms with Gasteiger partial charge in [-0.3, -0.25) is 4.57 Å². The van der Waals surface area contributed by atoms with E-state index in [4.69, 9.17) is 25.1 Å². The molecule has 0 spiro atoms. The smallest absolute Gasteiger partial charge is 0.286 e. The molecule has 13 nitrogen and oxygen atoms in total. The molecule has 0 bridgehead atoms. The van der Waals surface area contributed by atoms with Crippen LogP contribution in [0, 0.1) is 0 Å². The maximum absolute atomic E-state index is 14.2. The number of nitrogens with zero attached hydrogens (tertiary/aromatic N) is 4. The first-order chi connectivity index (χ1) is 13.8. The summed E-state index contributed by atoms with van der Waals surface area (Å²) in [5.41, 5.74) is 6.27. The highest BCUT2D eigenvalue weighted by molar-refractivity contribution is 5.81. The van der Waals surface area contributed by atoms with Gasteiger partial charge in [-0.15, -0.1) is 0 Å². The number of rotatable bonds is 5. The van der Waals surface area contributed by atoms with Crippen LogP contribution in [0.1, 0.15) is 6.23 Å². The number of nitrogens with two attached hydrogens (primary N) is 1. The summed E-state index contributed by atoms with van der Waals surface area (Å²) in [6, 6.07) is 0. The molecule has 2 aromatic rings. The molecule has 1 unspecified atom stereocenters. The topological polar surface area (TPSA) is 198 Å². The fraction of sp³-hybridized carbons (Fsp3) is 0.667. The van der Waals surface area contributed by atoms with Gasteiger partial charge in [-0.2, -0.15) is 0 Å². The quantitative estimate of drug-likeness (QED) is 0.285. The summed E-state index contributed by atoms with van der Waals surface area (Å²) in [5.74, 6) is -3.15. The number of aliphatic hydroxyl groups excluding tert-OH is 4. The summed E-state index contributed by atoms with van der Waals surface area (Å²) in [6.07, 6.45) is -7.93. The van der Waals surface area contributed by atoms with E-state index in [1.165, 1.54) is 17.2 Å². The van der Waals surface area contributed by atoms with Crippen LogP contribution < -0.4 is 5.73 Å². The number of imidazole rings is 1. The molecule has 2 aliphatic rings. The van der Waals surface area contributed by atoms with Crippen molar-refractivity contribution in [3.05, 3.63) is 12.7 Å². The third-order valence-electron chi connectivity index (χ3n) is 4.99. The number of alkyl halides is 1. The average molecular weight is 417 g/mol. The first-order valence-corrected chi connectivity index (χ1v) is 8.67. The lowest BCUT2D eigenvalue weighted by molar-refractivity contribution is -0.267. The zero-order chi connectivity index (χ0) is 20.9. The molecule has 8 atom stereocenters. The van der Waals surface area contributed by atoms with Crippen LogP contribution in [0.25, 0.3) is 11.2 Å². The molecule has 2 fully saturated rings. The van der Waals surface area contributed by atoms with Crippen LogP contribution in [-0.4, -0.2) is 101 Å². The Morgan fingerprint density at radius 3 is 2.62 bits per heavy atom. The molecule has 0 aliphatic carbocycles. The molecule has 160 valence electrons. The molecule has 2 aromatic heterocycles. The Balaban J connectivity index is 1.47. The zero-order valence-electron chi connectivity index (χ0n) is 14.8. The minimum absolute atomic E-state index is 0.124. The Morgan fingerprint density at radius 1 is 1.17 bits per heavy atom. The molecule has 2 saturated heterocycles. The highest BCUT2D eigenvalue weighted by Crippen LogP contribution is 2.35. The first-order valence-electron chi connectivity index (χ1n) is 8.67. The van der Waals surface area contributed by atoms with Crippen molar-refractivity contribution in [1.29, 1.82) is 0 Å². The van der Waals surface area contributed by atoms with Gasteiger partial charge in [0.2, 0.25) is 6.29 Å². The minimum atomic E-state index is -3.27. The molecule has 14 heteroatoms. The molecule has 29 heavy (non-hydrogen) atoms. The van der Waals surface area contributed by atoms with Gasteiger partial charge in [-0.1, -0.05) is 0 Å². The van der Waals surface area contributed by atoms with E-state index in [9.17, 15) is 24.8 Å². The molecular weight excluding hydrogens is 397 g/mol. The lowest BCUT2D eigenvalue weighted by atomic mass is 10.1. The normalized spacial score (nSPS) is 40.1. The Labute approximate surface area is 162 Å². The fourth-order valence-corrected chi connectivity index (χ4v) is 3.36. The highest BCUT2D eigenvalue weighted by atomic mass is 19.2. The van der Waals surface area contributed by atoms with Crippen molar-refractivity contribution in [3.8, 4) is 0 Å². The Morgan fingerprint density at radius 2 is 1.93 bits per heavy atom. The van der Waals surface area contributed by atoms with E-state index < -0.39 is 62.1 Å². The van der Waals surface area contributed by atoms with E-state index in [-0.39, 0.29) is 17.0 Å². The van der Waals surface area contributed by atoms with Crippen molar-refractivity contribution in [1.82, 2.24) is 19.5 Å². The summed E-state index contributed by atoms with van der Waals surface area (Å²) in [7, 11) is 0. The van der Waals surface area contributed by atoms with Gasteiger partial charge >= 0.3 is 0 Å². The maximum Gasteiger partial charge on any atom is 0.286 e. The van der Waals surface area contributed by atoms with Crippen molar-refractivity contribution in [2.45, 2.75) is 48.9 Å². The van der Waals surface area contributed by atoms with Crippen molar-refractivity contribution in [2.75, 3.05) is 18.9 Å². The van der Waals surface area contributed by atoms with E-state index in [1.54, 1.807) is 0 Å². The van der Waals surface area contributed by atoms with Crippen molar-refractivity contribution in [2.24, 2.45) is 0 Å². The van der Waals surface area contributed by atoms with Gasteiger partial charge in [0.1, 0.15) is 42.4 Å². The largest absolute Gasteiger partial charge is 0.394 e. The van der Waals surface area contributed by atoms with Crippen LogP contribution in [0.4, 0.5) is 10.2 Å². The Bertz CT molecular complexity index is 884. The van der Waals surface area contributed by atoms with Crippen LogP contribution >= 0.6 is 0 Å². The number of aliphatic hydroxyl groups is 5. The minimum Gasteiger partial charge on any atom is -0.394 e. The monoisotopic (exact) mass is 417 g/mol. The third kappa shape index (κ3) is 3.23. The van der Waals surface area contributed by atoms with Crippen LogP contribution in [0.3, 0.4) is 0 Å². The van der Waals surface area contributed by atoms with Gasteiger partial charge in [0.15, 0.2) is 17.7 Å². The number of aromatic nitrogens is 4. The number of ether oxygens (including phenoxy) is 3. The molecular formula is C15H20FN5O8. The summed E-state index contributed by atoms with van der Waals surface area (Å²) in [5, 5.41) is 49.0. The second-order valence-corrected chi connectivity index (χ2v) is 6.82. The van der Waals surface area contributed by atoms with E-state index in [0.29, 0.717) is 0 Å². The Kier molecular flexibility index (Phi) is 5.12. The number of fused-ring (bicyclic) bond motifs is 1. The van der Waals surface area contributed by atoms with Gasteiger partial charge in [-0.25, -0.2) is 19.3 Å². The third-order valence-corrected chi connectivity index (χ3v) is 4.99. The van der Waals surface area contributed by atoms with Gasteiger partial charge in [0.25, 0.3) is 5.85 Å². The van der Waals surface area contributed by atoms with E-state index in [1.807, 2.05) is 0 Å². The molecule has 0 aromatic carbocycles. The van der Waals surface area contributed by atoms with Crippen LogP contribution in [0.5, 0.6) is 0 Å². The number of hydrogen-bond donors (Lipinski definition) is 6. The summed E-state index contributed by atoms with van der Waals surface area (Å²) in [4.78, 5) is 11.9. The van der Waals surface area contributed by atoms with Crippen LogP contribution in [0.15, 0.2) is 12.7 Å². The van der Waals surface area contributed by atoms with Crippen LogP contribution in [0.2, 0.25) is 0 Å². The SMILES string of the molecule is Nc1ncnc2c1ncn2[C@@H]1O[C@H](COC2O[C@H](CO)[C@@H](O)[C@@]2(O)F)[C@@H](O)[C@H]1O. The Hall–Kier alpha value is -2.04. The zero-order valence-corrected chi connectivity index (χ0v) is 14.8. The number of nitrogen functional groups attached to an aromatic ring is 1. The van der Waals surface area contributed by atoms with Gasteiger partial charge < -0.3 is 45.5 Å². The second-order valence-electron chi connectivity index (χ2n) is 6.82. The number of halogens is 1. The number of hydrogen-bond acceptors (Lipinski definition) is 12. The first kappa shape index (κ1) is 20.2. The molecule has 0 saturated carbocycles. The van der Waals surface area contributed by atoms with E-state index >= 15 is 0 Å². The van der Waals surface area contributed by atoms with E-state index in [0.717, 1.165) is 0 Å². The average Bonchev–Trinajstić information content (AvgIpc) is 3.30. The summed E-state index contributed by atoms with van der Waals surface area (Å²) in [6.45, 7) is -1.24. The molecule has 2 aliphatic heterocycles. The number of anilines is 1. The van der Waals surface area contributed by atoms with Gasteiger partial charge in [-0.05, 0) is 0 Å². The molecule has 4 rings (SSSR count). The molecule has 0 radical (unpaired) electrons. The maximum atomic E-state index is 14.2. The van der Waals surface area contributed by atoms with Gasteiger partial charge in [0.05, 0.1) is 19.5 Å². The van der Waals surface area contributed by atoms with Crippen molar-refractivity contribution in [3.63, 3.8) is 0 Å². The highest BCUT2D eigenvalue weighted by Gasteiger charge is 2.57. The summed E-state index contributed by atoms with van der Waals surface area (Å²) < 4.78 is 31.2. The van der Waals surface area contributed by atoms with Crippen LogP contribution in [-0.2, 0) is 14.2 Å². The van der Waals surface area contributed by atoms with E-state index in [2.05, 4.69) is 15.0 Å².